The molecule has 0 fully saturated rings. The van der Waals surface area contributed by atoms with E-state index in [1.807, 2.05) is 0 Å². The van der Waals surface area contributed by atoms with E-state index in [-0.39, 0.29) is 18.0 Å². The van der Waals surface area contributed by atoms with Gasteiger partial charge in [-0.15, -0.1) is 0 Å². The van der Waals surface area contributed by atoms with Crippen LogP contribution in [-0.4, -0.2) is 16.7 Å². The Balaban J connectivity index is 2.25. The van der Waals surface area contributed by atoms with E-state index in [0.29, 0.717) is 0 Å². The first-order chi connectivity index (χ1) is 9.41. The molecular weight excluding hydrogens is 271 g/mol. The van der Waals surface area contributed by atoms with Crippen molar-refractivity contribution in [2.45, 2.75) is 12.7 Å². The summed E-state index contributed by atoms with van der Waals surface area (Å²) < 4.78 is 45.6. The van der Waals surface area contributed by atoms with Crippen LogP contribution in [0.2, 0.25) is 0 Å². The molecule has 1 heterocycles. The highest BCUT2D eigenvalue weighted by atomic mass is 19.4. The maximum atomic E-state index is 13.0. The first kappa shape index (κ1) is 14.2. The summed E-state index contributed by atoms with van der Waals surface area (Å²) in [5, 5.41) is 2.78. The molecule has 0 aliphatic heterocycles. The van der Waals surface area contributed by atoms with Gasteiger partial charge in [0.2, 0.25) is 0 Å². The zero-order valence-corrected chi connectivity index (χ0v) is 11.0. The van der Waals surface area contributed by atoms with E-state index in [2.05, 4.69) is 10.3 Å². The van der Waals surface area contributed by atoms with E-state index in [1.165, 1.54) is 19.2 Å². The Labute approximate surface area is 114 Å². The molecule has 0 atom stereocenters. The molecule has 0 aliphatic carbocycles. The summed E-state index contributed by atoms with van der Waals surface area (Å²) >= 11 is 0. The van der Waals surface area contributed by atoms with Crippen molar-refractivity contribution in [2.24, 2.45) is 7.05 Å². The number of hydrogen-bond donors (Lipinski definition) is 1. The van der Waals surface area contributed by atoms with Crippen LogP contribution in [0.15, 0.2) is 30.7 Å². The predicted molar refractivity (Wildman–Crippen MR) is 68.5 cm³/mol. The summed E-state index contributed by atoms with van der Waals surface area (Å²) in [4.78, 5) is 3.91. The molecule has 0 radical (unpaired) electrons. The first-order valence-corrected chi connectivity index (χ1v) is 5.86. The van der Waals surface area contributed by atoms with Crippen LogP contribution in [-0.2, 0) is 19.8 Å². The molecule has 2 aromatic rings. The number of rotatable bonds is 4. The lowest BCUT2D eigenvalue weighted by Crippen LogP contribution is -2.12. The largest absolute Gasteiger partial charge is 0.497 e. The summed E-state index contributed by atoms with van der Waals surface area (Å²) in [5.41, 5.74) is 0.0486. The van der Waals surface area contributed by atoms with Gasteiger partial charge in [0.05, 0.1) is 31.2 Å². The topological polar surface area (TPSA) is 39.1 Å². The smallest absolute Gasteiger partial charge is 0.418 e. The van der Waals surface area contributed by atoms with Gasteiger partial charge in [-0.2, -0.15) is 13.2 Å². The molecule has 108 valence electrons. The van der Waals surface area contributed by atoms with Gasteiger partial charge in [-0.25, -0.2) is 4.98 Å². The zero-order valence-electron chi connectivity index (χ0n) is 11.0. The Bertz CT molecular complexity index is 593. The number of alkyl halides is 3. The molecule has 1 N–H and O–H groups in total. The Morgan fingerprint density at radius 2 is 2.10 bits per heavy atom. The lowest BCUT2D eigenvalue weighted by Gasteiger charge is -2.15. The third kappa shape index (κ3) is 3.04. The van der Waals surface area contributed by atoms with Crippen LogP contribution < -0.4 is 10.1 Å². The van der Waals surface area contributed by atoms with Crippen LogP contribution in [0, 0.1) is 0 Å². The predicted octanol–water partition coefficient (Wildman–Crippen LogP) is 3.06. The van der Waals surface area contributed by atoms with Crippen molar-refractivity contribution in [3.63, 3.8) is 0 Å². The number of anilines is 1. The van der Waals surface area contributed by atoms with E-state index < -0.39 is 11.7 Å². The average Bonchev–Trinajstić information content (AvgIpc) is 2.80. The quantitative estimate of drug-likeness (QED) is 0.938. The third-order valence-electron chi connectivity index (χ3n) is 2.91. The zero-order chi connectivity index (χ0) is 14.8. The molecule has 0 unspecified atom stereocenters. The number of halogens is 3. The third-order valence-corrected chi connectivity index (χ3v) is 2.91. The lowest BCUT2D eigenvalue weighted by atomic mass is 10.1. The molecule has 4 nitrogen and oxygen atoms in total. The molecule has 2 rings (SSSR count). The summed E-state index contributed by atoms with van der Waals surface area (Å²) in [6, 6.07) is 3.82. The number of aryl methyl sites for hydroxylation is 1. The van der Waals surface area contributed by atoms with Gasteiger partial charge in [0.15, 0.2) is 0 Å². The molecule has 1 aromatic carbocycles. The number of nitrogens with zero attached hydrogens (tertiary/aromatic N) is 2. The van der Waals surface area contributed by atoms with Gasteiger partial charge in [0, 0.05) is 18.9 Å². The number of benzene rings is 1. The van der Waals surface area contributed by atoms with Crippen molar-refractivity contribution in [1.82, 2.24) is 9.55 Å². The minimum atomic E-state index is -4.44. The van der Waals surface area contributed by atoms with Crippen LogP contribution in [0.4, 0.5) is 18.9 Å². The number of nitrogens with one attached hydrogen (secondary N) is 1. The fraction of sp³-hybridized carbons (Fsp3) is 0.308. The van der Waals surface area contributed by atoms with Crippen LogP contribution in [0.25, 0.3) is 0 Å². The van der Waals surface area contributed by atoms with Crippen LogP contribution in [0.5, 0.6) is 5.75 Å². The van der Waals surface area contributed by atoms with Gasteiger partial charge in [0.25, 0.3) is 0 Å². The monoisotopic (exact) mass is 285 g/mol. The van der Waals surface area contributed by atoms with Crippen molar-refractivity contribution < 1.29 is 17.9 Å². The second-order valence-electron chi connectivity index (χ2n) is 4.26. The minimum absolute atomic E-state index is 0.0134. The standard InChI is InChI=1S/C13H14F3N3O/c1-19-8-17-6-9(19)7-18-12-4-3-10(20-2)5-11(12)13(14,15)16/h3-6,8,18H,7H2,1-2H3. The number of imidazole rings is 1. The fourth-order valence-corrected chi connectivity index (χ4v) is 1.78. The second kappa shape index (κ2) is 5.44. The van der Waals surface area contributed by atoms with Gasteiger partial charge in [-0.05, 0) is 18.2 Å². The Kier molecular flexibility index (Phi) is 3.87. The van der Waals surface area contributed by atoms with E-state index in [0.717, 1.165) is 11.8 Å². The Morgan fingerprint density at radius 3 is 2.65 bits per heavy atom. The van der Waals surface area contributed by atoms with Crippen molar-refractivity contribution in [3.05, 3.63) is 42.0 Å². The van der Waals surface area contributed by atoms with Gasteiger partial charge in [0.1, 0.15) is 5.75 Å². The second-order valence-corrected chi connectivity index (χ2v) is 4.26. The molecular formula is C13H14F3N3O. The number of methoxy groups -OCH3 is 1. The van der Waals surface area contributed by atoms with Gasteiger partial charge in [-0.1, -0.05) is 0 Å². The SMILES string of the molecule is COc1ccc(NCc2cncn2C)c(C(F)(F)F)c1. The van der Waals surface area contributed by atoms with Crippen molar-refractivity contribution in [1.29, 1.82) is 0 Å². The molecule has 0 aliphatic rings. The number of ether oxygens (including phenoxy) is 1. The summed E-state index contributed by atoms with van der Waals surface area (Å²) in [5.74, 6) is 0.170. The van der Waals surface area contributed by atoms with Gasteiger partial charge in [-0.3, -0.25) is 0 Å². The summed E-state index contributed by atoms with van der Waals surface area (Å²) in [7, 11) is 3.11. The normalized spacial score (nSPS) is 11.4. The molecule has 0 saturated carbocycles. The van der Waals surface area contributed by atoms with Crippen LogP contribution >= 0.6 is 0 Å². The summed E-state index contributed by atoms with van der Waals surface area (Å²) in [6.45, 7) is 0.256. The molecule has 0 spiro atoms. The molecule has 7 heteroatoms. The number of hydrogen-bond acceptors (Lipinski definition) is 3. The highest BCUT2D eigenvalue weighted by Gasteiger charge is 2.34. The number of aromatic nitrogens is 2. The lowest BCUT2D eigenvalue weighted by molar-refractivity contribution is -0.137. The maximum absolute atomic E-state index is 13.0. The Morgan fingerprint density at radius 1 is 1.35 bits per heavy atom. The molecule has 1 aromatic heterocycles. The Hall–Kier alpha value is -2.18. The van der Waals surface area contributed by atoms with Gasteiger partial charge >= 0.3 is 6.18 Å². The first-order valence-electron chi connectivity index (χ1n) is 5.86. The van der Waals surface area contributed by atoms with E-state index in [1.54, 1.807) is 24.1 Å². The van der Waals surface area contributed by atoms with Crippen LogP contribution in [0.1, 0.15) is 11.3 Å². The van der Waals surface area contributed by atoms with E-state index in [4.69, 9.17) is 4.74 Å². The van der Waals surface area contributed by atoms with Crippen molar-refractivity contribution >= 4 is 5.69 Å². The van der Waals surface area contributed by atoms with Crippen LogP contribution in [0.3, 0.4) is 0 Å². The van der Waals surface area contributed by atoms with E-state index in [9.17, 15) is 13.2 Å². The molecule has 0 bridgehead atoms. The van der Waals surface area contributed by atoms with Gasteiger partial charge < -0.3 is 14.6 Å². The molecule has 0 amide bonds. The average molecular weight is 285 g/mol. The van der Waals surface area contributed by atoms with Crippen molar-refractivity contribution in [2.75, 3.05) is 12.4 Å². The highest BCUT2D eigenvalue weighted by molar-refractivity contribution is 5.55. The van der Waals surface area contributed by atoms with Crippen molar-refractivity contribution in [3.8, 4) is 5.75 Å². The van der Waals surface area contributed by atoms with E-state index >= 15 is 0 Å². The molecule has 20 heavy (non-hydrogen) atoms. The minimum Gasteiger partial charge on any atom is -0.497 e. The maximum Gasteiger partial charge on any atom is 0.418 e. The summed E-state index contributed by atoms with van der Waals surface area (Å²) in [6.07, 6.45) is -1.25. The molecule has 0 saturated heterocycles. The fourth-order valence-electron chi connectivity index (χ4n) is 1.78. The highest BCUT2D eigenvalue weighted by Crippen LogP contribution is 2.37.